The minimum atomic E-state index is -0.890. The molecule has 3 N–H and O–H groups in total. The van der Waals surface area contributed by atoms with E-state index in [1.807, 2.05) is 0 Å². The first-order chi connectivity index (χ1) is 9.99. The monoisotopic (exact) mass is 310 g/mol. The maximum atomic E-state index is 11.9. The van der Waals surface area contributed by atoms with Crippen LogP contribution in [0.1, 0.15) is 6.42 Å². The van der Waals surface area contributed by atoms with Crippen LogP contribution in [-0.4, -0.2) is 30.3 Å². The molecule has 0 spiro atoms. The van der Waals surface area contributed by atoms with E-state index in [1.165, 1.54) is 7.11 Å². The predicted octanol–water partition coefficient (Wildman–Crippen LogP) is 2.50. The third-order valence-electron chi connectivity index (χ3n) is 3.13. The second-order valence-electron chi connectivity index (χ2n) is 4.62. The molecular formula is C14H15ClN2O4. The lowest BCUT2D eigenvalue weighted by molar-refractivity contribution is -0.140. The molecule has 0 fully saturated rings. The van der Waals surface area contributed by atoms with Gasteiger partial charge in [-0.2, -0.15) is 0 Å². The Morgan fingerprint density at radius 2 is 2.14 bits per heavy atom. The molecule has 21 heavy (non-hydrogen) atoms. The lowest BCUT2D eigenvalue weighted by Crippen LogP contribution is -2.36. The Balaban J connectivity index is 1.91. The van der Waals surface area contributed by atoms with Crippen LogP contribution in [0.25, 0.3) is 0 Å². The third-order valence-corrected chi connectivity index (χ3v) is 3.44. The Hall–Kier alpha value is -2.21. The van der Waals surface area contributed by atoms with Crippen molar-refractivity contribution in [3.8, 4) is 5.75 Å². The van der Waals surface area contributed by atoms with Gasteiger partial charge in [-0.1, -0.05) is 23.8 Å². The lowest BCUT2D eigenvalue weighted by Gasteiger charge is -2.14. The van der Waals surface area contributed by atoms with E-state index in [0.29, 0.717) is 22.9 Å². The fraction of sp³-hybridized carbons (Fsp3) is 0.286. The first-order valence-electron chi connectivity index (χ1n) is 6.32. The number of halogens is 1. The second kappa shape index (κ2) is 6.49. The van der Waals surface area contributed by atoms with Crippen molar-refractivity contribution < 1.29 is 19.4 Å². The van der Waals surface area contributed by atoms with Crippen LogP contribution < -0.4 is 15.4 Å². The Kier molecular flexibility index (Phi) is 4.70. The molecule has 0 saturated heterocycles. The van der Waals surface area contributed by atoms with Gasteiger partial charge >= 0.3 is 12.0 Å². The van der Waals surface area contributed by atoms with Crippen LogP contribution in [0.15, 0.2) is 30.4 Å². The summed E-state index contributed by atoms with van der Waals surface area (Å²) in [5.41, 5.74) is 0.533. The van der Waals surface area contributed by atoms with Crippen molar-refractivity contribution >= 4 is 29.3 Å². The molecule has 2 amide bonds. The van der Waals surface area contributed by atoms with Gasteiger partial charge in [0.1, 0.15) is 5.75 Å². The number of hydrogen-bond donors (Lipinski definition) is 3. The van der Waals surface area contributed by atoms with E-state index in [2.05, 4.69) is 10.6 Å². The molecule has 112 valence electrons. The molecule has 2 unspecified atom stereocenters. The first-order valence-corrected chi connectivity index (χ1v) is 6.69. The number of nitrogens with one attached hydrogen (secondary N) is 2. The van der Waals surface area contributed by atoms with Gasteiger partial charge in [0.05, 0.1) is 24.1 Å². The molecule has 0 heterocycles. The fourth-order valence-corrected chi connectivity index (χ4v) is 2.26. The number of carbonyl (C=O) groups excluding carboxylic acids is 1. The number of carboxylic acid groups (broad SMARTS) is 1. The number of rotatable bonds is 4. The van der Waals surface area contributed by atoms with E-state index < -0.39 is 17.9 Å². The number of urea groups is 1. The smallest absolute Gasteiger partial charge is 0.319 e. The number of carbonyl (C=O) groups is 2. The Bertz CT molecular complexity index is 588. The molecule has 2 rings (SSSR count). The molecule has 0 aliphatic heterocycles. The minimum absolute atomic E-state index is 0.291. The van der Waals surface area contributed by atoms with Gasteiger partial charge in [-0.15, -0.1) is 0 Å². The van der Waals surface area contributed by atoms with E-state index >= 15 is 0 Å². The summed E-state index contributed by atoms with van der Waals surface area (Å²) in [7, 11) is 1.49. The van der Waals surface area contributed by atoms with Gasteiger partial charge < -0.3 is 20.5 Å². The van der Waals surface area contributed by atoms with Crippen LogP contribution in [0.5, 0.6) is 5.75 Å². The second-order valence-corrected chi connectivity index (χ2v) is 5.03. The number of methoxy groups -OCH3 is 1. The van der Waals surface area contributed by atoms with Crippen molar-refractivity contribution in [1.29, 1.82) is 0 Å². The van der Waals surface area contributed by atoms with Crippen LogP contribution >= 0.6 is 11.6 Å². The largest absolute Gasteiger partial charge is 0.495 e. The zero-order chi connectivity index (χ0) is 15.4. The van der Waals surface area contributed by atoms with Crippen molar-refractivity contribution in [2.24, 2.45) is 5.92 Å². The highest BCUT2D eigenvalue weighted by Crippen LogP contribution is 2.27. The van der Waals surface area contributed by atoms with E-state index in [1.54, 1.807) is 30.4 Å². The molecule has 6 nitrogen and oxygen atoms in total. The van der Waals surface area contributed by atoms with Gasteiger partial charge in [-0.3, -0.25) is 4.79 Å². The van der Waals surface area contributed by atoms with Gasteiger partial charge in [0.2, 0.25) is 0 Å². The van der Waals surface area contributed by atoms with E-state index in [4.69, 9.17) is 21.4 Å². The Labute approximate surface area is 126 Å². The molecule has 1 aliphatic rings. The Morgan fingerprint density at radius 1 is 1.38 bits per heavy atom. The molecule has 2 atom stereocenters. The average Bonchev–Trinajstić information content (AvgIpc) is 2.89. The average molecular weight is 311 g/mol. The van der Waals surface area contributed by atoms with Crippen LogP contribution in [0.4, 0.5) is 10.5 Å². The van der Waals surface area contributed by atoms with Crippen LogP contribution in [0.3, 0.4) is 0 Å². The van der Waals surface area contributed by atoms with Crippen molar-refractivity contribution in [1.82, 2.24) is 5.32 Å². The van der Waals surface area contributed by atoms with E-state index in [-0.39, 0.29) is 6.04 Å². The summed E-state index contributed by atoms with van der Waals surface area (Å²) in [6.07, 6.45) is 3.62. The van der Waals surface area contributed by atoms with Gasteiger partial charge in [-0.05, 0) is 18.6 Å². The number of ether oxygens (including phenoxy) is 1. The standard InChI is InChI=1S/C14H15ClN2O4/c1-21-12-7-10(4-5-11(12)15)17-14(20)16-9-3-2-8(6-9)13(18)19/h2-5,7-9H,6H2,1H3,(H,18,19)(H2,16,17,20). The van der Waals surface area contributed by atoms with Gasteiger partial charge in [-0.25, -0.2) is 4.79 Å². The summed E-state index contributed by atoms with van der Waals surface area (Å²) >= 11 is 5.90. The number of carboxylic acids is 1. The highest BCUT2D eigenvalue weighted by Gasteiger charge is 2.25. The van der Waals surface area contributed by atoms with Crippen molar-refractivity contribution in [2.45, 2.75) is 12.5 Å². The zero-order valence-electron chi connectivity index (χ0n) is 11.3. The van der Waals surface area contributed by atoms with Crippen LogP contribution in [-0.2, 0) is 4.79 Å². The number of hydrogen-bond acceptors (Lipinski definition) is 3. The maximum Gasteiger partial charge on any atom is 0.319 e. The van der Waals surface area contributed by atoms with Crippen molar-refractivity contribution in [3.63, 3.8) is 0 Å². The number of amides is 2. The predicted molar refractivity (Wildman–Crippen MR) is 78.8 cm³/mol. The number of benzene rings is 1. The molecular weight excluding hydrogens is 296 g/mol. The summed E-state index contributed by atoms with van der Waals surface area (Å²) in [5, 5.41) is 14.7. The fourth-order valence-electron chi connectivity index (χ4n) is 2.06. The highest BCUT2D eigenvalue weighted by molar-refractivity contribution is 6.32. The number of anilines is 1. The molecule has 0 saturated carbocycles. The summed E-state index contributed by atoms with van der Waals surface area (Å²) in [5.74, 6) is -0.981. The molecule has 0 radical (unpaired) electrons. The third kappa shape index (κ3) is 3.88. The van der Waals surface area contributed by atoms with Gasteiger partial charge in [0.15, 0.2) is 0 Å². The Morgan fingerprint density at radius 3 is 2.76 bits per heavy atom. The summed E-state index contributed by atoms with van der Waals surface area (Å²) in [6, 6.07) is 4.16. The lowest BCUT2D eigenvalue weighted by atomic mass is 10.1. The summed E-state index contributed by atoms with van der Waals surface area (Å²) < 4.78 is 5.06. The van der Waals surface area contributed by atoms with E-state index in [9.17, 15) is 9.59 Å². The van der Waals surface area contributed by atoms with Gasteiger partial charge in [0.25, 0.3) is 0 Å². The molecule has 1 aromatic rings. The quantitative estimate of drug-likeness (QED) is 0.746. The molecule has 7 heteroatoms. The minimum Gasteiger partial charge on any atom is -0.495 e. The summed E-state index contributed by atoms with van der Waals surface area (Å²) in [4.78, 5) is 22.7. The topological polar surface area (TPSA) is 87.7 Å². The van der Waals surface area contributed by atoms with Crippen LogP contribution in [0.2, 0.25) is 5.02 Å². The van der Waals surface area contributed by atoms with Crippen molar-refractivity contribution in [3.05, 3.63) is 35.4 Å². The SMILES string of the molecule is COc1cc(NC(=O)NC2C=CC(C(=O)O)C2)ccc1Cl. The molecule has 0 bridgehead atoms. The van der Waals surface area contributed by atoms with Crippen molar-refractivity contribution in [2.75, 3.05) is 12.4 Å². The zero-order valence-corrected chi connectivity index (χ0v) is 12.1. The normalized spacial score (nSPS) is 20.1. The maximum absolute atomic E-state index is 11.9. The first kappa shape index (κ1) is 15.2. The highest BCUT2D eigenvalue weighted by atomic mass is 35.5. The van der Waals surface area contributed by atoms with E-state index in [0.717, 1.165) is 0 Å². The van der Waals surface area contributed by atoms with Crippen LogP contribution in [0, 0.1) is 5.92 Å². The molecule has 1 aromatic carbocycles. The van der Waals surface area contributed by atoms with Gasteiger partial charge in [0, 0.05) is 11.8 Å². The molecule has 0 aromatic heterocycles. The number of aliphatic carboxylic acids is 1. The molecule has 1 aliphatic carbocycles. The summed E-state index contributed by atoms with van der Waals surface area (Å²) in [6.45, 7) is 0.